The summed E-state index contributed by atoms with van der Waals surface area (Å²) in [6.07, 6.45) is 11.2. The molecule has 38 heavy (non-hydrogen) atoms. The van der Waals surface area contributed by atoms with Crippen LogP contribution in [-0.4, -0.2) is 58.1 Å². The van der Waals surface area contributed by atoms with Gasteiger partial charge < -0.3 is 24.5 Å². The Balaban J connectivity index is 1.86. The number of rotatable bonds is 1. The molecule has 204 valence electrons. The molecule has 1 aromatic rings. The smallest absolute Gasteiger partial charge is 0.355 e. The van der Waals surface area contributed by atoms with E-state index < -0.39 is 24.1 Å². The molecule has 3 atom stereocenters. The van der Waals surface area contributed by atoms with Crippen LogP contribution in [-0.2, 0) is 20.7 Å². The Morgan fingerprint density at radius 3 is 2.74 bits per heavy atom. The number of esters is 1. The van der Waals surface area contributed by atoms with E-state index in [-0.39, 0.29) is 35.6 Å². The maximum atomic E-state index is 13.2. The molecule has 0 spiro atoms. The number of cyclic esters (lactones) is 1. The number of aliphatic hydroxyl groups is 1. The van der Waals surface area contributed by atoms with Crippen LogP contribution in [0.4, 0.5) is 0 Å². The monoisotopic (exact) mass is 523 g/mol. The SMILES string of the molecule is C=C1Cc2nc(co2)C(=O)N2CCC=C2C(=O)O[C@H](C(C)C)[C@H](C)/C=C/C(=O)NC/C=C/C(C)=C/[C@@H](O)C1. The summed E-state index contributed by atoms with van der Waals surface area (Å²) < 4.78 is 11.3. The molecule has 2 aliphatic rings. The molecule has 0 aromatic carbocycles. The lowest BCUT2D eigenvalue weighted by molar-refractivity contribution is -0.149. The second-order valence-electron chi connectivity index (χ2n) is 10.0. The van der Waals surface area contributed by atoms with Crippen molar-refractivity contribution in [1.29, 1.82) is 0 Å². The van der Waals surface area contributed by atoms with Crippen molar-refractivity contribution < 1.29 is 28.6 Å². The number of aliphatic hydroxyl groups excluding tert-OH is 1. The quantitative estimate of drug-likeness (QED) is 0.426. The molecule has 0 fully saturated rings. The Hall–Kier alpha value is -3.72. The fourth-order valence-electron chi connectivity index (χ4n) is 4.44. The number of nitrogens with zero attached hydrogens (tertiary/aromatic N) is 2. The number of fused-ring (bicyclic) bond motifs is 3. The van der Waals surface area contributed by atoms with Crippen LogP contribution in [0.2, 0.25) is 0 Å². The first kappa shape index (κ1) is 28.8. The van der Waals surface area contributed by atoms with E-state index in [1.165, 1.54) is 17.2 Å². The van der Waals surface area contributed by atoms with E-state index in [1.54, 1.807) is 24.3 Å². The zero-order chi connectivity index (χ0) is 27.8. The van der Waals surface area contributed by atoms with Gasteiger partial charge in [0.05, 0.1) is 6.10 Å². The minimum Gasteiger partial charge on any atom is -0.457 e. The molecule has 2 amide bonds. The molecule has 0 radical (unpaired) electrons. The van der Waals surface area contributed by atoms with Crippen LogP contribution in [0.1, 0.15) is 56.9 Å². The second-order valence-corrected chi connectivity index (χ2v) is 10.0. The Morgan fingerprint density at radius 2 is 2.00 bits per heavy atom. The van der Waals surface area contributed by atoms with Gasteiger partial charge in [-0.05, 0) is 31.8 Å². The van der Waals surface area contributed by atoms with E-state index in [0.29, 0.717) is 37.4 Å². The van der Waals surface area contributed by atoms with E-state index in [9.17, 15) is 19.5 Å². The van der Waals surface area contributed by atoms with Gasteiger partial charge in [-0.3, -0.25) is 9.59 Å². The van der Waals surface area contributed by atoms with Crippen molar-refractivity contribution in [3.63, 3.8) is 0 Å². The fourth-order valence-corrected chi connectivity index (χ4v) is 4.44. The summed E-state index contributed by atoms with van der Waals surface area (Å²) in [7, 11) is 0. The molecule has 0 saturated carbocycles. The first-order valence-corrected chi connectivity index (χ1v) is 12.9. The van der Waals surface area contributed by atoms with E-state index in [0.717, 1.165) is 5.57 Å². The number of hydrogen-bond acceptors (Lipinski definition) is 7. The molecule has 2 bridgehead atoms. The number of carbonyl (C=O) groups excluding carboxylic acids is 3. The first-order chi connectivity index (χ1) is 18.0. The van der Waals surface area contributed by atoms with Crippen LogP contribution in [0.15, 0.2) is 70.6 Å². The first-order valence-electron chi connectivity index (χ1n) is 12.9. The molecule has 3 rings (SSSR count). The van der Waals surface area contributed by atoms with Crippen molar-refractivity contribution in [3.05, 3.63) is 77.7 Å². The highest BCUT2D eigenvalue weighted by Gasteiger charge is 2.33. The molecule has 9 nitrogen and oxygen atoms in total. The van der Waals surface area contributed by atoms with Crippen LogP contribution >= 0.6 is 0 Å². The zero-order valence-electron chi connectivity index (χ0n) is 22.5. The van der Waals surface area contributed by atoms with Gasteiger partial charge in [0, 0.05) is 25.4 Å². The highest BCUT2D eigenvalue weighted by molar-refractivity contribution is 6.00. The average molecular weight is 524 g/mol. The summed E-state index contributed by atoms with van der Waals surface area (Å²) in [5, 5.41) is 13.2. The van der Waals surface area contributed by atoms with Gasteiger partial charge in [-0.15, -0.1) is 0 Å². The lowest BCUT2D eigenvalue weighted by Crippen LogP contribution is -2.36. The zero-order valence-corrected chi connectivity index (χ0v) is 22.5. The van der Waals surface area contributed by atoms with Gasteiger partial charge in [0.2, 0.25) is 5.91 Å². The minimum atomic E-state index is -0.763. The third-order valence-corrected chi connectivity index (χ3v) is 6.31. The molecule has 0 aliphatic carbocycles. The molecular weight excluding hydrogens is 486 g/mol. The van der Waals surface area contributed by atoms with Crippen LogP contribution in [0.3, 0.4) is 0 Å². The molecule has 9 heteroatoms. The number of oxazole rings is 1. The summed E-state index contributed by atoms with van der Waals surface area (Å²) in [5.41, 5.74) is 1.76. The number of allylic oxidation sites excluding steroid dienone is 2. The van der Waals surface area contributed by atoms with Crippen LogP contribution < -0.4 is 5.32 Å². The Bertz CT molecular complexity index is 1170. The number of carbonyl (C=O) groups is 3. The van der Waals surface area contributed by atoms with E-state index in [4.69, 9.17) is 9.15 Å². The predicted octanol–water partition coefficient (Wildman–Crippen LogP) is 3.65. The Morgan fingerprint density at radius 1 is 1.24 bits per heavy atom. The van der Waals surface area contributed by atoms with Crippen LogP contribution in [0.5, 0.6) is 0 Å². The van der Waals surface area contributed by atoms with Crippen molar-refractivity contribution in [2.45, 2.75) is 59.2 Å². The largest absolute Gasteiger partial charge is 0.457 e. The third kappa shape index (κ3) is 7.89. The number of aromatic nitrogens is 1. The van der Waals surface area contributed by atoms with Crippen molar-refractivity contribution >= 4 is 17.8 Å². The molecule has 0 unspecified atom stereocenters. The van der Waals surface area contributed by atoms with Gasteiger partial charge in [0.25, 0.3) is 5.91 Å². The second kappa shape index (κ2) is 13.2. The summed E-state index contributed by atoms with van der Waals surface area (Å²) in [5.74, 6) is -1.30. The van der Waals surface area contributed by atoms with Gasteiger partial charge in [-0.1, -0.05) is 68.9 Å². The van der Waals surface area contributed by atoms with Gasteiger partial charge >= 0.3 is 5.97 Å². The van der Waals surface area contributed by atoms with Crippen LogP contribution in [0.25, 0.3) is 0 Å². The summed E-state index contributed by atoms with van der Waals surface area (Å²) in [6, 6.07) is 0. The molecule has 1 aromatic heterocycles. The van der Waals surface area contributed by atoms with Gasteiger partial charge in [0.15, 0.2) is 11.6 Å². The van der Waals surface area contributed by atoms with Crippen molar-refractivity contribution in [2.24, 2.45) is 11.8 Å². The number of amides is 2. The Kier molecular flexibility index (Phi) is 10.0. The maximum Gasteiger partial charge on any atom is 0.355 e. The lowest BCUT2D eigenvalue weighted by Gasteiger charge is -2.27. The van der Waals surface area contributed by atoms with E-state index in [1.807, 2.05) is 33.8 Å². The Labute approximate surface area is 223 Å². The maximum absolute atomic E-state index is 13.2. The normalized spacial score (nSPS) is 27.6. The van der Waals surface area contributed by atoms with Crippen LogP contribution in [0, 0.1) is 11.8 Å². The molecular formula is C29H37N3O6. The summed E-state index contributed by atoms with van der Waals surface area (Å²) >= 11 is 0. The highest BCUT2D eigenvalue weighted by Crippen LogP contribution is 2.25. The average Bonchev–Trinajstić information content (AvgIpc) is 3.52. The van der Waals surface area contributed by atoms with E-state index in [2.05, 4.69) is 16.9 Å². The summed E-state index contributed by atoms with van der Waals surface area (Å²) in [4.78, 5) is 44.2. The molecule has 3 heterocycles. The molecule has 2 N–H and O–H groups in total. The van der Waals surface area contributed by atoms with Crippen molar-refractivity contribution in [1.82, 2.24) is 15.2 Å². The fraction of sp³-hybridized carbons (Fsp3) is 0.448. The number of nitrogens with one attached hydrogen (secondary N) is 1. The van der Waals surface area contributed by atoms with Gasteiger partial charge in [-0.25, -0.2) is 9.78 Å². The van der Waals surface area contributed by atoms with Crippen molar-refractivity contribution in [2.75, 3.05) is 13.1 Å². The number of ether oxygens (including phenoxy) is 1. The molecule has 2 aliphatic heterocycles. The standard InChI is InChI=1S/C29H37N3O6/c1-18(2)27-21(5)10-11-25(34)30-12-6-8-19(3)14-22(33)15-20(4)16-26-31-23(17-37-26)28(35)32-13-7-9-24(32)29(36)38-27/h6,8-11,14,17-18,21-22,27,33H,4,7,12-13,15-16H2,1-3,5H3,(H,30,34)/b8-6+,11-10+,19-14+/t21-,22-,27-/m1/s1. The lowest BCUT2D eigenvalue weighted by atomic mass is 9.94. The minimum absolute atomic E-state index is 0.0264. The predicted molar refractivity (Wildman–Crippen MR) is 143 cm³/mol. The topological polar surface area (TPSA) is 122 Å². The van der Waals surface area contributed by atoms with Gasteiger partial charge in [0.1, 0.15) is 18.1 Å². The highest BCUT2D eigenvalue weighted by atomic mass is 16.5. The van der Waals surface area contributed by atoms with Gasteiger partial charge in [-0.2, -0.15) is 0 Å². The van der Waals surface area contributed by atoms with E-state index >= 15 is 0 Å². The third-order valence-electron chi connectivity index (χ3n) is 6.31. The molecule has 0 saturated heterocycles. The number of hydrogen-bond donors (Lipinski definition) is 2. The summed E-state index contributed by atoms with van der Waals surface area (Å²) in [6.45, 7) is 12.2. The van der Waals surface area contributed by atoms with Crippen molar-refractivity contribution in [3.8, 4) is 0 Å².